The third-order valence-electron chi connectivity index (χ3n) is 2.89. The molecule has 0 saturated carbocycles. The Labute approximate surface area is 90.7 Å². The summed E-state index contributed by atoms with van der Waals surface area (Å²) in [6, 6.07) is 1.26. The van der Waals surface area contributed by atoms with Crippen molar-refractivity contribution in [3.05, 3.63) is 0 Å². The van der Waals surface area contributed by atoms with Crippen molar-refractivity contribution in [3.8, 4) is 0 Å². The predicted octanol–water partition coefficient (Wildman–Crippen LogP) is 3.84. The van der Waals surface area contributed by atoms with Gasteiger partial charge in [-0.1, -0.05) is 47.5 Å². The summed E-state index contributed by atoms with van der Waals surface area (Å²) < 4.78 is 0. The van der Waals surface area contributed by atoms with Crippen LogP contribution in [0.3, 0.4) is 0 Å². The lowest BCUT2D eigenvalue weighted by Gasteiger charge is -2.23. The first-order chi connectivity index (χ1) is 6.43. The van der Waals surface area contributed by atoms with Crippen LogP contribution < -0.4 is 5.32 Å². The highest BCUT2D eigenvalue weighted by Gasteiger charge is 2.12. The van der Waals surface area contributed by atoms with Crippen molar-refractivity contribution in [2.24, 2.45) is 11.8 Å². The van der Waals surface area contributed by atoms with E-state index >= 15 is 0 Å². The molecule has 0 aliphatic rings. The summed E-state index contributed by atoms with van der Waals surface area (Å²) in [6.07, 6.45) is 4.11. The molecular weight excluding hydrogens is 170 g/mol. The lowest BCUT2D eigenvalue weighted by Crippen LogP contribution is -2.37. The Hall–Kier alpha value is -0.0400. The van der Waals surface area contributed by atoms with Gasteiger partial charge in [-0.3, -0.25) is 0 Å². The van der Waals surface area contributed by atoms with Gasteiger partial charge < -0.3 is 5.32 Å². The van der Waals surface area contributed by atoms with E-state index in [0.717, 1.165) is 11.8 Å². The SMILES string of the molecule is CC(C)CCCC(C)C(C)NC(C)C. The van der Waals surface area contributed by atoms with Crippen molar-refractivity contribution in [1.82, 2.24) is 5.32 Å². The molecular formula is C13H29N. The first-order valence-corrected chi connectivity index (χ1v) is 6.19. The summed E-state index contributed by atoms with van der Waals surface area (Å²) in [5.74, 6) is 1.66. The molecule has 0 aromatic rings. The largest absolute Gasteiger partial charge is 0.312 e. The molecule has 0 aromatic carbocycles. The fourth-order valence-corrected chi connectivity index (χ4v) is 1.79. The topological polar surface area (TPSA) is 12.0 Å². The fraction of sp³-hybridized carbons (Fsp3) is 1.00. The zero-order valence-corrected chi connectivity index (χ0v) is 10.9. The van der Waals surface area contributed by atoms with E-state index in [4.69, 9.17) is 0 Å². The number of hydrogen-bond acceptors (Lipinski definition) is 1. The lowest BCUT2D eigenvalue weighted by atomic mass is 9.94. The van der Waals surface area contributed by atoms with E-state index in [-0.39, 0.29) is 0 Å². The van der Waals surface area contributed by atoms with Crippen molar-refractivity contribution in [1.29, 1.82) is 0 Å². The number of rotatable bonds is 7. The standard InChI is InChI=1S/C13H29N/c1-10(2)8-7-9-12(5)13(6)14-11(3)4/h10-14H,7-9H2,1-6H3. The average Bonchev–Trinajstić information content (AvgIpc) is 2.01. The van der Waals surface area contributed by atoms with E-state index in [1.54, 1.807) is 0 Å². The molecule has 0 bridgehead atoms. The smallest absolute Gasteiger partial charge is 0.00667 e. The molecule has 0 spiro atoms. The van der Waals surface area contributed by atoms with Crippen molar-refractivity contribution < 1.29 is 0 Å². The average molecular weight is 199 g/mol. The van der Waals surface area contributed by atoms with Gasteiger partial charge in [-0.25, -0.2) is 0 Å². The summed E-state index contributed by atoms with van der Waals surface area (Å²) in [4.78, 5) is 0. The van der Waals surface area contributed by atoms with Crippen LogP contribution in [0.5, 0.6) is 0 Å². The maximum atomic E-state index is 3.58. The molecule has 0 heterocycles. The molecule has 0 rings (SSSR count). The van der Waals surface area contributed by atoms with Crippen molar-refractivity contribution in [3.63, 3.8) is 0 Å². The summed E-state index contributed by atoms with van der Waals surface area (Å²) in [5.41, 5.74) is 0. The van der Waals surface area contributed by atoms with Gasteiger partial charge in [-0.2, -0.15) is 0 Å². The zero-order valence-electron chi connectivity index (χ0n) is 10.9. The Bertz CT molecular complexity index is 129. The van der Waals surface area contributed by atoms with Gasteiger partial charge in [0.2, 0.25) is 0 Å². The lowest BCUT2D eigenvalue weighted by molar-refractivity contribution is 0.340. The molecule has 0 aromatic heterocycles. The van der Waals surface area contributed by atoms with Crippen LogP contribution in [-0.4, -0.2) is 12.1 Å². The Morgan fingerprint density at radius 1 is 0.857 bits per heavy atom. The molecule has 1 N–H and O–H groups in total. The van der Waals surface area contributed by atoms with Gasteiger partial charge in [0.15, 0.2) is 0 Å². The third kappa shape index (κ3) is 7.37. The monoisotopic (exact) mass is 199 g/mol. The maximum Gasteiger partial charge on any atom is 0.00667 e. The van der Waals surface area contributed by atoms with Crippen LogP contribution in [0.2, 0.25) is 0 Å². The van der Waals surface area contributed by atoms with Gasteiger partial charge in [0.25, 0.3) is 0 Å². The number of hydrogen-bond donors (Lipinski definition) is 1. The molecule has 0 aliphatic carbocycles. The second-order valence-corrected chi connectivity index (χ2v) is 5.41. The number of nitrogens with one attached hydrogen (secondary N) is 1. The van der Waals surface area contributed by atoms with Gasteiger partial charge in [-0.15, -0.1) is 0 Å². The van der Waals surface area contributed by atoms with Gasteiger partial charge in [0.1, 0.15) is 0 Å². The van der Waals surface area contributed by atoms with Crippen molar-refractivity contribution >= 4 is 0 Å². The first-order valence-electron chi connectivity index (χ1n) is 6.19. The molecule has 0 fully saturated rings. The summed E-state index contributed by atoms with van der Waals surface area (Å²) in [7, 11) is 0. The third-order valence-corrected chi connectivity index (χ3v) is 2.89. The van der Waals surface area contributed by atoms with E-state index in [2.05, 4.69) is 46.9 Å². The Morgan fingerprint density at radius 3 is 1.86 bits per heavy atom. The molecule has 14 heavy (non-hydrogen) atoms. The maximum absolute atomic E-state index is 3.58. The van der Waals surface area contributed by atoms with Gasteiger partial charge >= 0.3 is 0 Å². The molecule has 0 saturated heterocycles. The molecule has 0 aliphatic heterocycles. The van der Waals surface area contributed by atoms with Crippen molar-refractivity contribution in [2.45, 2.75) is 72.9 Å². The van der Waals surface area contributed by atoms with E-state index < -0.39 is 0 Å². The second kappa shape index (κ2) is 7.28. The van der Waals surface area contributed by atoms with Crippen LogP contribution in [0.4, 0.5) is 0 Å². The second-order valence-electron chi connectivity index (χ2n) is 5.41. The van der Waals surface area contributed by atoms with Crippen LogP contribution in [0.25, 0.3) is 0 Å². The highest BCUT2D eigenvalue weighted by atomic mass is 14.9. The van der Waals surface area contributed by atoms with Crippen LogP contribution >= 0.6 is 0 Å². The molecule has 1 nitrogen and oxygen atoms in total. The van der Waals surface area contributed by atoms with E-state index in [1.807, 2.05) is 0 Å². The molecule has 2 unspecified atom stereocenters. The Kier molecular flexibility index (Phi) is 7.26. The van der Waals surface area contributed by atoms with Crippen LogP contribution in [0, 0.1) is 11.8 Å². The molecule has 0 radical (unpaired) electrons. The zero-order chi connectivity index (χ0) is 11.1. The minimum atomic E-state index is 0.609. The predicted molar refractivity (Wildman–Crippen MR) is 65.6 cm³/mol. The highest BCUT2D eigenvalue weighted by molar-refractivity contribution is 4.70. The Morgan fingerprint density at radius 2 is 1.43 bits per heavy atom. The molecule has 1 heteroatoms. The first kappa shape index (κ1) is 14.0. The molecule has 86 valence electrons. The fourth-order valence-electron chi connectivity index (χ4n) is 1.79. The molecule has 0 amide bonds. The quantitative estimate of drug-likeness (QED) is 0.657. The van der Waals surface area contributed by atoms with E-state index in [9.17, 15) is 0 Å². The van der Waals surface area contributed by atoms with Crippen molar-refractivity contribution in [2.75, 3.05) is 0 Å². The normalized spacial score (nSPS) is 16.3. The van der Waals surface area contributed by atoms with Gasteiger partial charge in [0.05, 0.1) is 0 Å². The minimum Gasteiger partial charge on any atom is -0.312 e. The van der Waals surface area contributed by atoms with Crippen LogP contribution in [0.1, 0.15) is 60.8 Å². The Balaban J connectivity index is 3.56. The summed E-state index contributed by atoms with van der Waals surface area (Å²) >= 11 is 0. The van der Waals surface area contributed by atoms with Crippen LogP contribution in [-0.2, 0) is 0 Å². The van der Waals surface area contributed by atoms with Gasteiger partial charge in [-0.05, 0) is 25.2 Å². The van der Waals surface area contributed by atoms with Crippen LogP contribution in [0.15, 0.2) is 0 Å². The van der Waals surface area contributed by atoms with E-state index in [0.29, 0.717) is 12.1 Å². The molecule has 2 atom stereocenters. The van der Waals surface area contributed by atoms with Gasteiger partial charge in [0, 0.05) is 12.1 Å². The highest BCUT2D eigenvalue weighted by Crippen LogP contribution is 2.15. The van der Waals surface area contributed by atoms with E-state index in [1.165, 1.54) is 19.3 Å². The summed E-state index contributed by atoms with van der Waals surface area (Å²) in [6.45, 7) is 13.7. The summed E-state index contributed by atoms with van der Waals surface area (Å²) in [5, 5.41) is 3.58. The minimum absolute atomic E-state index is 0.609.